The highest BCUT2D eigenvalue weighted by Gasteiger charge is 2.15. The van der Waals surface area contributed by atoms with E-state index < -0.39 is 11.6 Å². The highest BCUT2D eigenvalue weighted by atomic mass is 19.1. The highest BCUT2D eigenvalue weighted by Crippen LogP contribution is 2.30. The van der Waals surface area contributed by atoms with Crippen LogP contribution in [0.1, 0.15) is 0 Å². The van der Waals surface area contributed by atoms with Crippen LogP contribution in [0.4, 0.5) is 8.78 Å². The lowest BCUT2D eigenvalue weighted by Gasteiger charge is -1.96. The van der Waals surface area contributed by atoms with Crippen molar-refractivity contribution in [1.29, 1.82) is 0 Å². The number of aromatic nitrogens is 1. The third kappa shape index (κ3) is 0.984. The summed E-state index contributed by atoms with van der Waals surface area (Å²) >= 11 is 0. The maximum absolute atomic E-state index is 13.7. The molecule has 0 saturated heterocycles. The molecule has 0 aliphatic carbocycles. The molecule has 3 aromatic rings. The Bertz CT molecular complexity index is 642. The Morgan fingerprint density at radius 2 is 1.25 bits per heavy atom. The number of nitrogen functional groups attached to an aromatic ring is 1. The van der Waals surface area contributed by atoms with Crippen LogP contribution >= 0.6 is 0 Å². The topological polar surface area (TPSA) is 30.9 Å². The van der Waals surface area contributed by atoms with Crippen molar-refractivity contribution in [2.24, 2.45) is 0 Å². The molecular weight excluding hydrogens is 210 g/mol. The average Bonchev–Trinajstić information content (AvgIpc) is 2.56. The summed E-state index contributed by atoms with van der Waals surface area (Å²) in [5, 5.41) is 0.469. The van der Waals surface area contributed by atoms with Crippen LogP contribution in [-0.4, -0.2) is 4.68 Å². The van der Waals surface area contributed by atoms with Crippen LogP contribution in [0.15, 0.2) is 36.4 Å². The summed E-state index contributed by atoms with van der Waals surface area (Å²) in [5.74, 6) is 4.87. The largest absolute Gasteiger partial charge is 0.339 e. The molecule has 0 unspecified atom stereocenters. The summed E-state index contributed by atoms with van der Waals surface area (Å²) in [6, 6.07) is 9.04. The second-order valence-electron chi connectivity index (χ2n) is 3.64. The second kappa shape index (κ2) is 2.95. The molecule has 2 N–H and O–H groups in total. The van der Waals surface area contributed by atoms with Gasteiger partial charge in [0.15, 0.2) is 0 Å². The van der Waals surface area contributed by atoms with Gasteiger partial charge in [-0.2, -0.15) is 0 Å². The fourth-order valence-electron chi connectivity index (χ4n) is 2.05. The van der Waals surface area contributed by atoms with Crippen LogP contribution in [0.3, 0.4) is 0 Å². The summed E-state index contributed by atoms with van der Waals surface area (Å²) in [6.45, 7) is 0. The van der Waals surface area contributed by atoms with Gasteiger partial charge in [0.05, 0.1) is 11.0 Å². The minimum atomic E-state index is -0.461. The Balaban J connectivity index is 2.73. The molecule has 2 aromatic carbocycles. The second-order valence-corrected chi connectivity index (χ2v) is 3.64. The molecule has 0 aliphatic rings. The molecule has 3 rings (SSSR count). The van der Waals surface area contributed by atoms with Crippen LogP contribution in [-0.2, 0) is 0 Å². The van der Waals surface area contributed by atoms with E-state index in [0.717, 1.165) is 0 Å². The molecule has 0 aliphatic heterocycles. The van der Waals surface area contributed by atoms with Gasteiger partial charge in [0.2, 0.25) is 0 Å². The van der Waals surface area contributed by atoms with Crippen molar-refractivity contribution in [3.8, 4) is 0 Å². The van der Waals surface area contributed by atoms with Crippen LogP contribution in [0.25, 0.3) is 21.8 Å². The van der Waals surface area contributed by atoms with Gasteiger partial charge in [-0.3, -0.25) is 4.68 Å². The molecule has 0 spiro atoms. The molecule has 2 nitrogen and oxygen atoms in total. The number of nitrogens with two attached hydrogens (primary N) is 1. The fraction of sp³-hybridized carbons (Fsp3) is 0. The molecular formula is C12H8F2N2. The van der Waals surface area contributed by atoms with Crippen molar-refractivity contribution in [2.75, 3.05) is 5.84 Å². The lowest BCUT2D eigenvalue weighted by Crippen LogP contribution is -2.06. The number of hydrogen-bond donors (Lipinski definition) is 1. The quantitative estimate of drug-likeness (QED) is 0.578. The van der Waals surface area contributed by atoms with Gasteiger partial charge in [-0.15, -0.1) is 0 Å². The monoisotopic (exact) mass is 218 g/mol. The van der Waals surface area contributed by atoms with E-state index in [4.69, 9.17) is 5.84 Å². The summed E-state index contributed by atoms with van der Waals surface area (Å²) in [4.78, 5) is 0. The Morgan fingerprint density at radius 3 is 1.69 bits per heavy atom. The van der Waals surface area contributed by atoms with Gasteiger partial charge in [-0.1, -0.05) is 12.1 Å². The highest BCUT2D eigenvalue weighted by molar-refractivity contribution is 6.08. The predicted molar refractivity (Wildman–Crippen MR) is 59.5 cm³/mol. The number of halogens is 2. The summed E-state index contributed by atoms with van der Waals surface area (Å²) in [7, 11) is 0. The van der Waals surface area contributed by atoms with Crippen molar-refractivity contribution in [3.05, 3.63) is 48.0 Å². The lowest BCUT2D eigenvalue weighted by molar-refractivity contribution is 0.632. The zero-order chi connectivity index (χ0) is 11.3. The van der Waals surface area contributed by atoms with Crippen LogP contribution in [0.5, 0.6) is 0 Å². The third-order valence-electron chi connectivity index (χ3n) is 2.75. The first-order chi connectivity index (χ1) is 7.70. The minimum absolute atomic E-state index is 0.234. The Hall–Kier alpha value is -2.10. The molecule has 1 heterocycles. The Kier molecular flexibility index (Phi) is 1.68. The first kappa shape index (κ1) is 9.15. The van der Waals surface area contributed by atoms with Crippen LogP contribution in [0.2, 0.25) is 0 Å². The maximum atomic E-state index is 13.7. The van der Waals surface area contributed by atoms with Crippen molar-refractivity contribution in [1.82, 2.24) is 4.68 Å². The fourth-order valence-corrected chi connectivity index (χ4v) is 2.05. The van der Waals surface area contributed by atoms with Crippen molar-refractivity contribution in [2.45, 2.75) is 0 Å². The van der Waals surface area contributed by atoms with E-state index in [0.29, 0.717) is 11.0 Å². The summed E-state index contributed by atoms with van der Waals surface area (Å²) < 4.78 is 28.7. The molecule has 1 aromatic heterocycles. The smallest absolute Gasteiger partial charge is 0.133 e. The number of fused-ring (bicyclic) bond motifs is 3. The Morgan fingerprint density at radius 1 is 0.812 bits per heavy atom. The van der Waals surface area contributed by atoms with E-state index >= 15 is 0 Å². The van der Waals surface area contributed by atoms with Crippen molar-refractivity contribution >= 4 is 21.8 Å². The summed E-state index contributed by atoms with van der Waals surface area (Å²) in [6.07, 6.45) is 0. The van der Waals surface area contributed by atoms with E-state index in [1.54, 1.807) is 24.3 Å². The van der Waals surface area contributed by atoms with Gasteiger partial charge >= 0.3 is 0 Å². The lowest BCUT2D eigenvalue weighted by atomic mass is 10.1. The standard InChI is InChI=1S/C12H8F2N2/c13-7-3-1-5-9-11(7)12-8(14)4-2-6-10(12)16(9)15/h1-6H,15H2. The van der Waals surface area contributed by atoms with Gasteiger partial charge in [-0.05, 0) is 24.3 Å². The molecule has 0 fully saturated rings. The molecule has 0 saturated carbocycles. The van der Waals surface area contributed by atoms with E-state index in [1.807, 2.05) is 0 Å². The van der Waals surface area contributed by atoms with E-state index in [-0.39, 0.29) is 10.8 Å². The number of rotatable bonds is 0. The molecule has 0 bridgehead atoms. The van der Waals surface area contributed by atoms with Gasteiger partial charge in [0.25, 0.3) is 0 Å². The van der Waals surface area contributed by atoms with Gasteiger partial charge in [0, 0.05) is 10.8 Å². The Labute approximate surface area is 89.9 Å². The average molecular weight is 218 g/mol. The SMILES string of the molecule is Nn1c2cccc(F)c2c2c(F)cccc21. The van der Waals surface area contributed by atoms with E-state index in [2.05, 4.69) is 0 Å². The first-order valence-corrected chi connectivity index (χ1v) is 4.82. The number of benzene rings is 2. The van der Waals surface area contributed by atoms with Crippen LogP contribution in [0, 0.1) is 11.6 Å². The van der Waals surface area contributed by atoms with Crippen molar-refractivity contribution in [3.63, 3.8) is 0 Å². The first-order valence-electron chi connectivity index (χ1n) is 4.82. The molecule has 0 radical (unpaired) electrons. The molecule has 80 valence electrons. The van der Waals surface area contributed by atoms with E-state index in [9.17, 15) is 8.78 Å². The predicted octanol–water partition coefficient (Wildman–Crippen LogP) is 2.79. The van der Waals surface area contributed by atoms with Crippen molar-refractivity contribution < 1.29 is 8.78 Å². The van der Waals surface area contributed by atoms with Gasteiger partial charge in [-0.25, -0.2) is 8.78 Å². The zero-order valence-electron chi connectivity index (χ0n) is 8.24. The van der Waals surface area contributed by atoms with Gasteiger partial charge in [0.1, 0.15) is 11.6 Å². The molecule has 0 amide bonds. The minimum Gasteiger partial charge on any atom is -0.339 e. The molecule has 0 atom stereocenters. The van der Waals surface area contributed by atoms with Crippen LogP contribution < -0.4 is 5.84 Å². The summed E-state index contributed by atoms with van der Waals surface area (Å²) in [5.41, 5.74) is 0.972. The number of nitrogens with zero attached hydrogens (tertiary/aromatic N) is 1. The third-order valence-corrected chi connectivity index (χ3v) is 2.75. The number of hydrogen-bond acceptors (Lipinski definition) is 1. The maximum Gasteiger partial charge on any atom is 0.133 e. The van der Waals surface area contributed by atoms with Gasteiger partial charge < -0.3 is 5.84 Å². The van der Waals surface area contributed by atoms with E-state index in [1.165, 1.54) is 16.8 Å². The molecule has 4 heteroatoms. The zero-order valence-corrected chi connectivity index (χ0v) is 8.24. The molecule has 16 heavy (non-hydrogen) atoms. The normalized spacial score (nSPS) is 11.4.